The summed E-state index contributed by atoms with van der Waals surface area (Å²) in [4.78, 5) is 34.7. The fourth-order valence-electron chi connectivity index (χ4n) is 5.48. The largest absolute Gasteiger partial charge is 0.342 e. The maximum absolute atomic E-state index is 13.3. The van der Waals surface area contributed by atoms with Crippen LogP contribution in [0.5, 0.6) is 0 Å². The number of fused-ring (bicyclic) bond motifs is 1. The van der Waals surface area contributed by atoms with E-state index in [4.69, 9.17) is 4.99 Å². The molecule has 2 aliphatic carbocycles. The van der Waals surface area contributed by atoms with Gasteiger partial charge in [0.05, 0.1) is 0 Å². The molecule has 3 heterocycles. The van der Waals surface area contributed by atoms with Gasteiger partial charge in [0.25, 0.3) is 5.91 Å². The lowest BCUT2D eigenvalue weighted by Crippen LogP contribution is -2.40. The predicted octanol–water partition coefficient (Wildman–Crippen LogP) is 4.95. The number of rotatable bonds is 5. The molecular formula is C28H27N3O2S. The first-order valence-electron chi connectivity index (χ1n) is 12.4. The van der Waals surface area contributed by atoms with E-state index in [9.17, 15) is 9.59 Å². The van der Waals surface area contributed by atoms with Crippen LogP contribution in [0.1, 0.15) is 37.7 Å². The zero-order chi connectivity index (χ0) is 22.9. The van der Waals surface area contributed by atoms with E-state index in [2.05, 4.69) is 53.9 Å². The van der Waals surface area contributed by atoms with Gasteiger partial charge < -0.3 is 4.90 Å². The number of amidine groups is 1. The van der Waals surface area contributed by atoms with Gasteiger partial charge in [0, 0.05) is 35.8 Å². The standard InChI is InChI=1S/C28H27N3O2S/c32-26(21-5-6-21)30-13-9-18(16-30)17-31-25(29-28(11-12-28)27(31)33)20-3-1-19(2-4-20)22-7-8-24-23(15-22)10-14-34-24/h1-4,7-8,10,14-15,18,21H,5-6,9,11-13,16-17H2/t18-/m0/s1. The van der Waals surface area contributed by atoms with E-state index in [1.165, 1.54) is 21.2 Å². The summed E-state index contributed by atoms with van der Waals surface area (Å²) in [6.07, 6.45) is 4.75. The van der Waals surface area contributed by atoms with Crippen molar-refractivity contribution in [3.8, 4) is 11.1 Å². The SMILES string of the molecule is O=C(C1CC1)N1CC[C@H](CN2C(=O)C3(CC3)N=C2c2ccc(-c3ccc4sccc4c3)cc2)C1. The summed E-state index contributed by atoms with van der Waals surface area (Å²) in [7, 11) is 0. The van der Waals surface area contributed by atoms with E-state index in [1.54, 1.807) is 11.3 Å². The molecule has 7 rings (SSSR count). The highest BCUT2D eigenvalue weighted by molar-refractivity contribution is 7.17. The van der Waals surface area contributed by atoms with E-state index in [1.807, 2.05) is 9.80 Å². The second-order valence-corrected chi connectivity index (χ2v) is 11.3. The molecule has 0 N–H and O–H groups in total. The number of benzene rings is 2. The smallest absolute Gasteiger partial charge is 0.256 e. The topological polar surface area (TPSA) is 53.0 Å². The minimum atomic E-state index is -0.514. The Morgan fingerprint density at radius 3 is 2.53 bits per heavy atom. The predicted molar refractivity (Wildman–Crippen MR) is 135 cm³/mol. The van der Waals surface area contributed by atoms with E-state index in [-0.39, 0.29) is 11.8 Å². The molecule has 6 heteroatoms. The number of hydrogen-bond donors (Lipinski definition) is 0. The van der Waals surface area contributed by atoms with Gasteiger partial charge in [-0.3, -0.25) is 19.5 Å². The van der Waals surface area contributed by atoms with Gasteiger partial charge in [0.1, 0.15) is 11.4 Å². The lowest BCUT2D eigenvalue weighted by Gasteiger charge is -2.23. The van der Waals surface area contributed by atoms with Crippen LogP contribution in [0.4, 0.5) is 0 Å². The molecule has 2 aliphatic heterocycles. The molecule has 1 aromatic heterocycles. The van der Waals surface area contributed by atoms with Crippen molar-refractivity contribution < 1.29 is 9.59 Å². The van der Waals surface area contributed by atoms with Crippen molar-refractivity contribution in [2.75, 3.05) is 19.6 Å². The van der Waals surface area contributed by atoms with E-state index >= 15 is 0 Å². The third-order valence-electron chi connectivity index (χ3n) is 7.84. The van der Waals surface area contributed by atoms with Gasteiger partial charge in [0.15, 0.2) is 0 Å². The molecule has 2 amide bonds. The van der Waals surface area contributed by atoms with Gasteiger partial charge in [-0.25, -0.2) is 0 Å². The third-order valence-corrected chi connectivity index (χ3v) is 8.73. The van der Waals surface area contributed by atoms with Crippen molar-refractivity contribution >= 4 is 39.1 Å². The molecule has 1 spiro atoms. The maximum Gasteiger partial charge on any atom is 0.256 e. The van der Waals surface area contributed by atoms with Crippen molar-refractivity contribution in [1.29, 1.82) is 0 Å². The highest BCUT2D eigenvalue weighted by atomic mass is 32.1. The normalized spacial score (nSPS) is 23.2. The summed E-state index contributed by atoms with van der Waals surface area (Å²) < 4.78 is 1.30. The summed E-state index contributed by atoms with van der Waals surface area (Å²) in [6, 6.07) is 17.2. The zero-order valence-corrected chi connectivity index (χ0v) is 19.9. The number of nitrogens with zero attached hydrogens (tertiary/aromatic N) is 3. The van der Waals surface area contributed by atoms with Crippen LogP contribution >= 0.6 is 11.3 Å². The van der Waals surface area contributed by atoms with Crippen LogP contribution in [-0.2, 0) is 9.59 Å². The van der Waals surface area contributed by atoms with Crippen molar-refractivity contribution in [1.82, 2.24) is 9.80 Å². The molecule has 3 fully saturated rings. The van der Waals surface area contributed by atoms with Crippen LogP contribution in [0.2, 0.25) is 0 Å². The average Bonchev–Trinajstić information content (AvgIpc) is 3.74. The summed E-state index contributed by atoms with van der Waals surface area (Å²) in [5, 5.41) is 3.39. The second-order valence-electron chi connectivity index (χ2n) is 10.3. The second kappa shape index (κ2) is 7.51. The van der Waals surface area contributed by atoms with Crippen molar-refractivity contribution in [2.45, 2.75) is 37.6 Å². The number of hydrogen-bond acceptors (Lipinski definition) is 4. The van der Waals surface area contributed by atoms with Crippen molar-refractivity contribution in [3.63, 3.8) is 0 Å². The molecule has 172 valence electrons. The molecule has 3 aromatic rings. The Morgan fingerprint density at radius 2 is 1.76 bits per heavy atom. The minimum absolute atomic E-state index is 0.154. The maximum atomic E-state index is 13.3. The van der Waals surface area contributed by atoms with Gasteiger partial charge in [0.2, 0.25) is 5.91 Å². The summed E-state index contributed by atoms with van der Waals surface area (Å²) in [5.74, 6) is 1.87. The number of carbonyl (C=O) groups excluding carboxylic acids is 2. The molecule has 34 heavy (non-hydrogen) atoms. The van der Waals surface area contributed by atoms with Crippen LogP contribution in [0.25, 0.3) is 21.2 Å². The highest BCUT2D eigenvalue weighted by Crippen LogP contribution is 2.46. The molecule has 2 saturated carbocycles. The molecule has 0 unspecified atom stereocenters. The minimum Gasteiger partial charge on any atom is -0.342 e. The van der Waals surface area contributed by atoms with Crippen LogP contribution in [-0.4, -0.2) is 52.6 Å². The quantitative estimate of drug-likeness (QED) is 0.531. The Bertz CT molecular complexity index is 1330. The number of thiophene rings is 1. The van der Waals surface area contributed by atoms with Crippen molar-refractivity contribution in [3.05, 3.63) is 59.5 Å². The number of likely N-dealkylation sites (tertiary alicyclic amines) is 1. The molecule has 1 atom stereocenters. The number of aliphatic imine (C=N–C) groups is 1. The monoisotopic (exact) mass is 469 g/mol. The summed E-state index contributed by atoms with van der Waals surface area (Å²) in [6.45, 7) is 2.25. The van der Waals surface area contributed by atoms with E-state index in [0.717, 1.165) is 56.6 Å². The van der Waals surface area contributed by atoms with Crippen molar-refractivity contribution in [2.24, 2.45) is 16.8 Å². The molecule has 0 radical (unpaired) electrons. The highest BCUT2D eigenvalue weighted by Gasteiger charge is 2.57. The first-order chi connectivity index (χ1) is 16.6. The molecule has 5 nitrogen and oxygen atoms in total. The van der Waals surface area contributed by atoms with Gasteiger partial charge in [-0.2, -0.15) is 0 Å². The van der Waals surface area contributed by atoms with Crippen LogP contribution < -0.4 is 0 Å². The molecule has 4 aliphatic rings. The zero-order valence-electron chi connectivity index (χ0n) is 19.1. The summed E-state index contributed by atoms with van der Waals surface area (Å²) >= 11 is 1.76. The lowest BCUT2D eigenvalue weighted by molar-refractivity contribution is -0.131. The van der Waals surface area contributed by atoms with Gasteiger partial charge >= 0.3 is 0 Å². The fourth-order valence-corrected chi connectivity index (χ4v) is 6.25. The Balaban J connectivity index is 1.12. The molecule has 1 saturated heterocycles. The average molecular weight is 470 g/mol. The number of carbonyl (C=O) groups is 2. The fraction of sp³-hybridized carbons (Fsp3) is 0.393. The van der Waals surface area contributed by atoms with Crippen LogP contribution in [0.3, 0.4) is 0 Å². The first kappa shape index (κ1) is 20.4. The Labute approximate surface area is 203 Å². The van der Waals surface area contributed by atoms with Gasteiger partial charge in [-0.05, 0) is 78.1 Å². The van der Waals surface area contributed by atoms with E-state index < -0.39 is 5.54 Å². The van der Waals surface area contributed by atoms with Crippen LogP contribution in [0, 0.1) is 11.8 Å². The Hall–Kier alpha value is -2.99. The van der Waals surface area contributed by atoms with E-state index in [0.29, 0.717) is 18.4 Å². The van der Waals surface area contributed by atoms with Gasteiger partial charge in [-0.15, -0.1) is 11.3 Å². The Morgan fingerprint density at radius 1 is 1.00 bits per heavy atom. The molecule has 0 bridgehead atoms. The number of amides is 2. The third kappa shape index (κ3) is 3.38. The first-order valence-corrected chi connectivity index (χ1v) is 13.3. The van der Waals surface area contributed by atoms with Crippen LogP contribution in [0.15, 0.2) is 58.9 Å². The molecular weight excluding hydrogens is 442 g/mol. The Kier molecular flexibility index (Phi) is 4.50. The lowest BCUT2D eigenvalue weighted by atomic mass is 10.0. The molecule has 2 aromatic carbocycles. The summed E-state index contributed by atoms with van der Waals surface area (Å²) in [5.41, 5.74) is 2.85. The van der Waals surface area contributed by atoms with Gasteiger partial charge in [-0.1, -0.05) is 30.3 Å².